The van der Waals surface area contributed by atoms with E-state index in [0.717, 1.165) is 5.56 Å². The van der Waals surface area contributed by atoms with Gasteiger partial charge in [-0.3, -0.25) is 0 Å². The predicted octanol–water partition coefficient (Wildman–Crippen LogP) is 0.0798. The maximum Gasteiger partial charge on any atom is 0.336 e. The Morgan fingerprint density at radius 3 is 2.50 bits per heavy atom. The molecule has 0 radical (unpaired) electrons. The van der Waals surface area contributed by atoms with Gasteiger partial charge in [0.15, 0.2) is 0 Å². The van der Waals surface area contributed by atoms with Crippen LogP contribution in [-0.2, 0) is 0 Å². The lowest BCUT2D eigenvalue weighted by Crippen LogP contribution is -2.24. The minimum absolute atomic E-state index is 0.0694. The minimum Gasteiger partial charge on any atom is -0.478 e. The predicted molar refractivity (Wildman–Crippen MR) is 56.2 cm³/mol. The van der Waals surface area contributed by atoms with Crippen molar-refractivity contribution in [2.24, 2.45) is 0 Å². The number of aryl methyl sites for hydroxylation is 1. The van der Waals surface area contributed by atoms with Crippen LogP contribution in [0.5, 0.6) is 0 Å². The summed E-state index contributed by atoms with van der Waals surface area (Å²) >= 11 is 0. The van der Waals surface area contributed by atoms with E-state index in [1.807, 2.05) is 0 Å². The lowest BCUT2D eigenvalue weighted by Gasteiger charge is -2.18. The lowest BCUT2D eigenvalue weighted by atomic mass is 9.97. The fourth-order valence-electron chi connectivity index (χ4n) is 1.42. The number of aromatic carboxylic acids is 1. The zero-order valence-electron chi connectivity index (χ0n) is 8.79. The molecule has 0 aliphatic rings. The smallest absolute Gasteiger partial charge is 0.336 e. The average molecular weight is 226 g/mol. The number of aliphatic hydroxyl groups excluding tert-OH is 3. The fraction of sp³-hybridized carbons (Fsp3) is 0.364. The molecule has 0 spiro atoms. The van der Waals surface area contributed by atoms with E-state index in [1.54, 1.807) is 13.0 Å². The molecule has 16 heavy (non-hydrogen) atoms. The summed E-state index contributed by atoms with van der Waals surface area (Å²) in [5.74, 6) is -1.18. The van der Waals surface area contributed by atoms with Crippen LogP contribution in [0.2, 0.25) is 0 Å². The normalized spacial score (nSPS) is 14.5. The second-order valence-corrected chi connectivity index (χ2v) is 3.59. The number of rotatable bonds is 4. The third kappa shape index (κ3) is 2.57. The zero-order chi connectivity index (χ0) is 12.3. The van der Waals surface area contributed by atoms with Crippen LogP contribution in [-0.4, -0.2) is 39.1 Å². The Hall–Kier alpha value is -1.43. The van der Waals surface area contributed by atoms with E-state index in [1.165, 1.54) is 12.1 Å². The summed E-state index contributed by atoms with van der Waals surface area (Å²) in [7, 11) is 0. The van der Waals surface area contributed by atoms with Crippen LogP contribution in [0.1, 0.15) is 27.6 Å². The Morgan fingerprint density at radius 1 is 1.38 bits per heavy atom. The van der Waals surface area contributed by atoms with Crippen LogP contribution in [0, 0.1) is 6.92 Å². The van der Waals surface area contributed by atoms with E-state index in [9.17, 15) is 15.0 Å². The second-order valence-electron chi connectivity index (χ2n) is 3.59. The van der Waals surface area contributed by atoms with Gasteiger partial charge in [0, 0.05) is 0 Å². The van der Waals surface area contributed by atoms with Crippen molar-refractivity contribution in [3.63, 3.8) is 0 Å². The summed E-state index contributed by atoms with van der Waals surface area (Å²) in [6.07, 6.45) is -2.79. The van der Waals surface area contributed by atoms with Gasteiger partial charge in [-0.05, 0) is 18.6 Å². The first-order valence-electron chi connectivity index (χ1n) is 4.78. The second kappa shape index (κ2) is 5.07. The summed E-state index contributed by atoms with van der Waals surface area (Å²) in [6.45, 7) is 1.10. The summed E-state index contributed by atoms with van der Waals surface area (Å²) in [5.41, 5.74) is 0.770. The number of hydrogen-bond acceptors (Lipinski definition) is 4. The number of carboxylic acid groups (broad SMARTS) is 1. The van der Waals surface area contributed by atoms with Crippen LogP contribution in [0.3, 0.4) is 0 Å². The first kappa shape index (κ1) is 12.6. The molecule has 0 aliphatic carbocycles. The summed E-state index contributed by atoms with van der Waals surface area (Å²) in [6, 6.07) is 4.47. The molecule has 0 bridgehead atoms. The van der Waals surface area contributed by atoms with Gasteiger partial charge in [-0.25, -0.2) is 4.79 Å². The first-order chi connectivity index (χ1) is 7.47. The fourth-order valence-corrected chi connectivity index (χ4v) is 1.42. The minimum atomic E-state index is -1.41. The van der Waals surface area contributed by atoms with Crippen molar-refractivity contribution < 1.29 is 25.2 Å². The van der Waals surface area contributed by atoms with Gasteiger partial charge in [0.2, 0.25) is 0 Å². The molecule has 0 amide bonds. The van der Waals surface area contributed by atoms with E-state index in [0.29, 0.717) is 0 Å². The maximum absolute atomic E-state index is 10.9. The van der Waals surface area contributed by atoms with Gasteiger partial charge in [0.1, 0.15) is 12.2 Å². The number of hydrogen-bond donors (Lipinski definition) is 4. The van der Waals surface area contributed by atoms with Crippen LogP contribution in [0.4, 0.5) is 0 Å². The first-order valence-corrected chi connectivity index (χ1v) is 4.78. The number of aliphatic hydroxyl groups is 3. The summed E-state index contributed by atoms with van der Waals surface area (Å²) in [4.78, 5) is 10.9. The Balaban J connectivity index is 3.17. The molecular weight excluding hydrogens is 212 g/mol. The van der Waals surface area contributed by atoms with Crippen molar-refractivity contribution in [1.82, 2.24) is 0 Å². The highest BCUT2D eigenvalue weighted by atomic mass is 16.4. The Kier molecular flexibility index (Phi) is 4.00. The van der Waals surface area contributed by atoms with E-state index in [2.05, 4.69) is 0 Å². The third-order valence-corrected chi connectivity index (χ3v) is 2.31. The highest BCUT2D eigenvalue weighted by molar-refractivity contribution is 5.89. The molecule has 2 unspecified atom stereocenters. The lowest BCUT2D eigenvalue weighted by molar-refractivity contribution is -0.0158. The van der Waals surface area contributed by atoms with Crippen molar-refractivity contribution in [1.29, 1.82) is 0 Å². The SMILES string of the molecule is Cc1ccc(C(O)C(O)CO)c(C(=O)O)c1. The number of carbonyl (C=O) groups is 1. The Labute approximate surface area is 92.6 Å². The molecule has 0 fully saturated rings. The molecular formula is C11H14O5. The standard InChI is InChI=1S/C11H14O5/c1-6-2-3-7(8(4-6)11(15)16)10(14)9(13)5-12/h2-4,9-10,12-14H,5H2,1H3,(H,15,16). The molecule has 1 aromatic carbocycles. The largest absolute Gasteiger partial charge is 0.478 e. The Morgan fingerprint density at radius 2 is 2.00 bits per heavy atom. The maximum atomic E-state index is 10.9. The highest BCUT2D eigenvalue weighted by Crippen LogP contribution is 2.22. The topological polar surface area (TPSA) is 98.0 Å². The molecule has 0 saturated carbocycles. The molecule has 1 rings (SSSR count). The third-order valence-electron chi connectivity index (χ3n) is 2.31. The average Bonchev–Trinajstić information content (AvgIpc) is 2.26. The molecule has 4 N–H and O–H groups in total. The molecule has 1 aromatic rings. The van der Waals surface area contributed by atoms with Crippen molar-refractivity contribution in [2.75, 3.05) is 6.61 Å². The van der Waals surface area contributed by atoms with Crippen LogP contribution >= 0.6 is 0 Å². The molecule has 0 heterocycles. The number of benzene rings is 1. The van der Waals surface area contributed by atoms with E-state index in [-0.39, 0.29) is 11.1 Å². The van der Waals surface area contributed by atoms with E-state index < -0.39 is 24.8 Å². The quantitative estimate of drug-likeness (QED) is 0.583. The van der Waals surface area contributed by atoms with E-state index >= 15 is 0 Å². The zero-order valence-corrected chi connectivity index (χ0v) is 8.79. The molecule has 0 aliphatic heterocycles. The van der Waals surface area contributed by atoms with Crippen molar-refractivity contribution >= 4 is 5.97 Å². The van der Waals surface area contributed by atoms with Crippen LogP contribution < -0.4 is 0 Å². The Bertz CT molecular complexity index is 388. The van der Waals surface area contributed by atoms with Gasteiger partial charge in [0.25, 0.3) is 0 Å². The van der Waals surface area contributed by atoms with Crippen molar-refractivity contribution in [3.8, 4) is 0 Å². The molecule has 5 heteroatoms. The highest BCUT2D eigenvalue weighted by Gasteiger charge is 2.22. The van der Waals surface area contributed by atoms with Gasteiger partial charge >= 0.3 is 5.97 Å². The summed E-state index contributed by atoms with van der Waals surface area (Å²) in [5, 5.41) is 36.5. The van der Waals surface area contributed by atoms with Gasteiger partial charge < -0.3 is 20.4 Å². The molecule has 88 valence electrons. The molecule has 5 nitrogen and oxygen atoms in total. The van der Waals surface area contributed by atoms with Crippen molar-refractivity contribution in [3.05, 3.63) is 34.9 Å². The van der Waals surface area contributed by atoms with E-state index in [4.69, 9.17) is 10.2 Å². The van der Waals surface area contributed by atoms with Gasteiger partial charge in [-0.15, -0.1) is 0 Å². The van der Waals surface area contributed by atoms with Crippen molar-refractivity contribution in [2.45, 2.75) is 19.1 Å². The van der Waals surface area contributed by atoms with Gasteiger partial charge in [0.05, 0.1) is 12.2 Å². The van der Waals surface area contributed by atoms with Gasteiger partial charge in [-0.2, -0.15) is 0 Å². The monoisotopic (exact) mass is 226 g/mol. The molecule has 0 saturated heterocycles. The van der Waals surface area contributed by atoms with Crippen LogP contribution in [0.25, 0.3) is 0 Å². The molecule has 0 aromatic heterocycles. The van der Waals surface area contributed by atoms with Crippen LogP contribution in [0.15, 0.2) is 18.2 Å². The molecule has 2 atom stereocenters. The van der Waals surface area contributed by atoms with Gasteiger partial charge in [-0.1, -0.05) is 17.7 Å². The number of carboxylic acids is 1. The summed E-state index contributed by atoms with van der Waals surface area (Å²) < 4.78 is 0.